The summed E-state index contributed by atoms with van der Waals surface area (Å²) in [5.74, 6) is -0.692. The number of benzene rings is 3. The number of fused-ring (bicyclic) bond motifs is 3. The monoisotopic (exact) mass is 766 g/mol. The van der Waals surface area contributed by atoms with Crippen LogP contribution in [-0.2, 0) is 12.5 Å². The molecular formula is C31H26F3IN4O8. The molecule has 12 nitrogen and oxygen atoms in total. The Balaban J connectivity index is 0.000000166. The molecule has 5 aromatic rings. The van der Waals surface area contributed by atoms with Crippen LogP contribution >= 0.6 is 20.2 Å². The maximum absolute atomic E-state index is 12.4. The summed E-state index contributed by atoms with van der Waals surface area (Å²) in [6, 6.07) is 22.2. The van der Waals surface area contributed by atoms with Gasteiger partial charge >= 0.3 is 90.9 Å². The first-order chi connectivity index (χ1) is 22.4. The van der Waals surface area contributed by atoms with Gasteiger partial charge in [0.15, 0.2) is 5.75 Å². The Morgan fingerprint density at radius 1 is 0.872 bits per heavy atom. The predicted octanol–water partition coefficient (Wildman–Crippen LogP) is 7.59. The van der Waals surface area contributed by atoms with Crippen LogP contribution in [0, 0.1) is 3.57 Å². The number of hydroxylamine groups is 1. The number of nitrogens with zero attached hydrogens (tertiary/aromatic N) is 3. The molecule has 246 valence electrons. The number of carbonyl (C=O) groups is 3. The van der Waals surface area contributed by atoms with E-state index < -0.39 is 44.5 Å². The van der Waals surface area contributed by atoms with E-state index in [0.29, 0.717) is 21.7 Å². The molecule has 0 radical (unpaired) electrons. The summed E-state index contributed by atoms with van der Waals surface area (Å²) < 4.78 is 56.0. The van der Waals surface area contributed by atoms with E-state index in [1.54, 1.807) is 36.5 Å². The SMILES string of the molecule is CI1OC(=O)c2ccccc21.COC(=O)N(O)c1cccc2cccnc12.COC(=O)Nc1c(OC(F)(F)F)ccc2cccnc12. The molecule has 47 heavy (non-hydrogen) atoms. The Kier molecular flexibility index (Phi) is 11.3. The van der Waals surface area contributed by atoms with Crippen molar-refractivity contribution in [3.05, 3.63) is 100 Å². The number of ether oxygens (including phenoxy) is 3. The van der Waals surface area contributed by atoms with Crippen LogP contribution in [0.5, 0.6) is 5.75 Å². The molecule has 3 aromatic carbocycles. The van der Waals surface area contributed by atoms with Gasteiger partial charge in [0.2, 0.25) is 0 Å². The van der Waals surface area contributed by atoms with Gasteiger partial charge in [-0.15, -0.1) is 13.2 Å². The molecule has 0 unspecified atom stereocenters. The maximum Gasteiger partial charge on any atom is 0.573 e. The van der Waals surface area contributed by atoms with Crippen molar-refractivity contribution in [1.82, 2.24) is 9.97 Å². The summed E-state index contributed by atoms with van der Waals surface area (Å²) >= 11 is -1.52. The Morgan fingerprint density at radius 2 is 1.51 bits per heavy atom. The second kappa shape index (κ2) is 15.4. The van der Waals surface area contributed by atoms with Crippen molar-refractivity contribution in [2.75, 3.05) is 29.5 Å². The smallest absolute Gasteiger partial charge is 0.453 e. The van der Waals surface area contributed by atoms with E-state index in [9.17, 15) is 32.8 Å². The zero-order valence-corrected chi connectivity index (χ0v) is 27.0. The third-order valence-corrected chi connectivity index (χ3v) is 9.77. The van der Waals surface area contributed by atoms with Crippen molar-refractivity contribution in [2.24, 2.45) is 0 Å². The van der Waals surface area contributed by atoms with E-state index in [1.807, 2.05) is 41.3 Å². The van der Waals surface area contributed by atoms with Gasteiger partial charge in [-0.25, -0.2) is 9.59 Å². The second-order valence-corrected chi connectivity index (χ2v) is 13.1. The number of amides is 2. The first kappa shape index (κ1) is 34.6. The molecule has 2 N–H and O–H groups in total. The Morgan fingerprint density at radius 3 is 2.15 bits per heavy atom. The molecule has 1 aliphatic heterocycles. The molecule has 0 saturated heterocycles. The van der Waals surface area contributed by atoms with Gasteiger partial charge in [0.05, 0.1) is 25.3 Å². The molecule has 0 aliphatic carbocycles. The van der Waals surface area contributed by atoms with Crippen LogP contribution in [0.15, 0.2) is 91.3 Å². The minimum Gasteiger partial charge on any atom is -0.453 e. The Bertz CT molecular complexity index is 1910. The molecule has 2 amide bonds. The Labute approximate surface area is 272 Å². The standard InChI is InChI=1S/C12H9F3N2O3.C11H10N2O3.C8H7IO2/c1-19-11(18)17-10-8(20-12(13,14)15)5-4-7-3-2-6-16-9(7)10;1-16-11(14)13(15)9-6-2-4-8-5-3-7-12-10(8)9;1-9-7-5-3-2-4-6(7)8(10)11-9/h2-6H,1H3,(H,17,18);2-7,15H,1H3;2-5H,1H3. The number of rotatable bonds is 3. The van der Waals surface area contributed by atoms with E-state index in [2.05, 4.69) is 29.5 Å². The first-order valence-electron chi connectivity index (χ1n) is 13.2. The van der Waals surface area contributed by atoms with E-state index in [1.165, 1.54) is 19.4 Å². The molecule has 2 aromatic heterocycles. The average molecular weight is 766 g/mol. The van der Waals surface area contributed by atoms with Crippen molar-refractivity contribution in [3.63, 3.8) is 0 Å². The quantitative estimate of drug-likeness (QED) is 0.0815. The minimum absolute atomic E-state index is 0.131. The molecule has 3 heterocycles. The number of alkyl halides is 4. The Hall–Kier alpha value is -5.23. The number of hydrogen-bond acceptors (Lipinski definition) is 10. The number of halogens is 4. The first-order valence-corrected chi connectivity index (χ1v) is 17.4. The predicted molar refractivity (Wildman–Crippen MR) is 173 cm³/mol. The second-order valence-electron chi connectivity index (χ2n) is 9.08. The molecule has 0 atom stereocenters. The minimum atomic E-state index is -4.88. The van der Waals surface area contributed by atoms with E-state index in [-0.39, 0.29) is 17.2 Å². The van der Waals surface area contributed by atoms with Crippen molar-refractivity contribution in [3.8, 4) is 5.75 Å². The number of aromatic nitrogens is 2. The number of hydrogen-bond donors (Lipinski definition) is 2. The third-order valence-electron chi connectivity index (χ3n) is 6.13. The number of methoxy groups -OCH3 is 2. The average Bonchev–Trinajstić information content (AvgIpc) is 3.37. The maximum atomic E-state index is 12.4. The number of para-hydroxylation sites is 1. The molecule has 0 saturated carbocycles. The van der Waals surface area contributed by atoms with E-state index >= 15 is 0 Å². The summed E-state index contributed by atoms with van der Waals surface area (Å²) in [4.78, 5) is 43.6. The van der Waals surface area contributed by atoms with Gasteiger partial charge < -0.3 is 14.2 Å². The van der Waals surface area contributed by atoms with Crippen molar-refractivity contribution in [2.45, 2.75) is 6.36 Å². The summed E-state index contributed by atoms with van der Waals surface area (Å²) in [6.45, 7) is 0. The fraction of sp³-hybridized carbons (Fsp3) is 0.129. The zero-order valence-electron chi connectivity index (χ0n) is 24.8. The van der Waals surface area contributed by atoms with Crippen molar-refractivity contribution >= 4 is 71.6 Å². The van der Waals surface area contributed by atoms with E-state index in [0.717, 1.165) is 27.7 Å². The van der Waals surface area contributed by atoms with Gasteiger partial charge in [0.1, 0.15) is 11.4 Å². The van der Waals surface area contributed by atoms with Gasteiger partial charge in [0.25, 0.3) is 0 Å². The van der Waals surface area contributed by atoms with Gasteiger partial charge in [-0.3, -0.25) is 20.5 Å². The number of anilines is 2. The fourth-order valence-corrected chi connectivity index (χ4v) is 7.11. The van der Waals surface area contributed by atoms with Gasteiger partial charge in [-0.2, -0.15) is 5.06 Å². The van der Waals surface area contributed by atoms with Crippen molar-refractivity contribution in [1.29, 1.82) is 0 Å². The molecular weight excluding hydrogens is 740 g/mol. The molecule has 16 heteroatoms. The van der Waals surface area contributed by atoms with Gasteiger partial charge in [0, 0.05) is 23.2 Å². The van der Waals surface area contributed by atoms with Crippen molar-refractivity contribution < 1.29 is 50.0 Å². The largest absolute Gasteiger partial charge is 0.573 e. The van der Waals surface area contributed by atoms with Crippen LogP contribution in [0.3, 0.4) is 0 Å². The number of pyridine rings is 2. The normalized spacial score (nSPS) is 12.4. The van der Waals surface area contributed by atoms with Crippen LogP contribution in [0.4, 0.5) is 34.1 Å². The van der Waals surface area contributed by atoms with E-state index in [4.69, 9.17) is 3.07 Å². The summed E-state index contributed by atoms with van der Waals surface area (Å²) in [7, 11) is 2.29. The van der Waals surface area contributed by atoms with Crippen LogP contribution < -0.4 is 15.1 Å². The number of carbonyl (C=O) groups excluding carboxylic acids is 3. The summed E-state index contributed by atoms with van der Waals surface area (Å²) in [6.07, 6.45) is -3.66. The van der Waals surface area contributed by atoms with Gasteiger partial charge in [-0.1, -0.05) is 24.3 Å². The summed E-state index contributed by atoms with van der Waals surface area (Å²) in [5, 5.41) is 13.6. The molecule has 0 bridgehead atoms. The van der Waals surface area contributed by atoms with Crippen LogP contribution in [0.2, 0.25) is 0 Å². The third kappa shape index (κ3) is 8.73. The van der Waals surface area contributed by atoms with Crippen LogP contribution in [-0.4, -0.2) is 58.8 Å². The molecule has 0 fully saturated rings. The molecule has 1 aliphatic rings. The summed E-state index contributed by atoms with van der Waals surface area (Å²) in [5.41, 5.74) is 1.58. The number of nitrogens with one attached hydrogen (secondary N) is 1. The topological polar surface area (TPSA) is 149 Å². The molecule has 6 rings (SSSR count). The van der Waals surface area contributed by atoms with Crippen LogP contribution in [0.1, 0.15) is 10.4 Å². The fourth-order valence-electron chi connectivity index (χ4n) is 4.10. The zero-order chi connectivity index (χ0) is 34.1. The molecule has 0 spiro atoms. The van der Waals surface area contributed by atoms with Gasteiger partial charge in [-0.05, 0) is 30.3 Å². The van der Waals surface area contributed by atoms with Crippen LogP contribution in [0.25, 0.3) is 21.8 Å².